The maximum atomic E-state index is 5.51. The van der Waals surface area contributed by atoms with E-state index in [0.29, 0.717) is 0 Å². The SMILES string of the molecule is CCCNC(c1ncc(C)cn1)c1cc(C)ccc1OC. The molecule has 0 saturated carbocycles. The molecule has 1 heterocycles. The van der Waals surface area contributed by atoms with Gasteiger partial charge in [0.05, 0.1) is 13.2 Å². The van der Waals surface area contributed by atoms with Crippen LogP contribution in [0.25, 0.3) is 0 Å². The number of nitrogens with zero attached hydrogens (tertiary/aromatic N) is 2. The minimum absolute atomic E-state index is 0.0552. The van der Waals surface area contributed by atoms with Gasteiger partial charge in [-0.1, -0.05) is 24.6 Å². The molecule has 0 saturated heterocycles. The minimum Gasteiger partial charge on any atom is -0.496 e. The standard InChI is InChI=1S/C17H23N3O/c1-5-8-18-16(17-19-10-13(3)11-20-17)14-9-12(2)6-7-15(14)21-4/h6-7,9-11,16,18H,5,8H2,1-4H3. The summed E-state index contributed by atoms with van der Waals surface area (Å²) in [5, 5.41) is 3.52. The maximum absolute atomic E-state index is 5.51. The zero-order valence-electron chi connectivity index (χ0n) is 13.2. The van der Waals surface area contributed by atoms with E-state index >= 15 is 0 Å². The smallest absolute Gasteiger partial charge is 0.149 e. The molecular formula is C17H23N3O. The van der Waals surface area contributed by atoms with Gasteiger partial charge in [0.25, 0.3) is 0 Å². The molecule has 0 spiro atoms. The van der Waals surface area contributed by atoms with Crippen LogP contribution in [0.4, 0.5) is 0 Å². The fraction of sp³-hybridized carbons (Fsp3) is 0.412. The Labute approximate surface area is 126 Å². The van der Waals surface area contributed by atoms with Crippen molar-refractivity contribution in [2.24, 2.45) is 0 Å². The highest BCUT2D eigenvalue weighted by molar-refractivity contribution is 5.41. The number of nitrogens with one attached hydrogen (secondary N) is 1. The lowest BCUT2D eigenvalue weighted by molar-refractivity contribution is 0.402. The average Bonchev–Trinajstić information content (AvgIpc) is 2.49. The molecule has 0 fully saturated rings. The van der Waals surface area contributed by atoms with Crippen LogP contribution in [0.2, 0.25) is 0 Å². The van der Waals surface area contributed by atoms with Gasteiger partial charge in [-0.3, -0.25) is 0 Å². The lowest BCUT2D eigenvalue weighted by Gasteiger charge is -2.20. The summed E-state index contributed by atoms with van der Waals surface area (Å²) in [6, 6.07) is 6.13. The molecule has 0 amide bonds. The highest BCUT2D eigenvalue weighted by Gasteiger charge is 2.20. The predicted molar refractivity (Wildman–Crippen MR) is 84.6 cm³/mol. The van der Waals surface area contributed by atoms with Crippen LogP contribution in [-0.2, 0) is 0 Å². The van der Waals surface area contributed by atoms with Crippen LogP contribution in [0.3, 0.4) is 0 Å². The van der Waals surface area contributed by atoms with Gasteiger partial charge >= 0.3 is 0 Å². The molecule has 2 aromatic rings. The average molecular weight is 285 g/mol. The molecule has 1 unspecified atom stereocenters. The van der Waals surface area contributed by atoms with Crippen molar-refractivity contribution in [1.29, 1.82) is 0 Å². The molecule has 112 valence electrons. The van der Waals surface area contributed by atoms with Crippen LogP contribution in [0.15, 0.2) is 30.6 Å². The van der Waals surface area contributed by atoms with Crippen molar-refractivity contribution < 1.29 is 4.74 Å². The summed E-state index contributed by atoms with van der Waals surface area (Å²) in [5.41, 5.74) is 3.33. The van der Waals surface area contributed by atoms with Crippen LogP contribution in [0.5, 0.6) is 5.75 Å². The molecule has 0 aliphatic rings. The van der Waals surface area contributed by atoms with Gasteiger partial charge in [0, 0.05) is 18.0 Å². The molecule has 1 atom stereocenters. The second kappa shape index (κ2) is 7.18. The van der Waals surface area contributed by atoms with E-state index in [1.54, 1.807) is 7.11 Å². The van der Waals surface area contributed by atoms with E-state index in [-0.39, 0.29) is 6.04 Å². The highest BCUT2D eigenvalue weighted by atomic mass is 16.5. The van der Waals surface area contributed by atoms with Gasteiger partial charge < -0.3 is 10.1 Å². The predicted octanol–water partition coefficient (Wildman–Crippen LogP) is 3.19. The third-order valence-corrected chi connectivity index (χ3v) is 3.35. The molecule has 21 heavy (non-hydrogen) atoms. The molecule has 0 radical (unpaired) electrons. The van der Waals surface area contributed by atoms with Crippen LogP contribution in [0.1, 0.15) is 41.9 Å². The summed E-state index contributed by atoms with van der Waals surface area (Å²) >= 11 is 0. The van der Waals surface area contributed by atoms with Crippen molar-refractivity contribution in [3.63, 3.8) is 0 Å². The van der Waals surface area contributed by atoms with E-state index < -0.39 is 0 Å². The number of benzene rings is 1. The fourth-order valence-electron chi connectivity index (χ4n) is 2.26. The lowest BCUT2D eigenvalue weighted by Crippen LogP contribution is -2.25. The number of hydrogen-bond acceptors (Lipinski definition) is 4. The topological polar surface area (TPSA) is 47.0 Å². The Morgan fingerprint density at radius 3 is 2.48 bits per heavy atom. The molecule has 2 rings (SSSR count). The van der Waals surface area contributed by atoms with Gasteiger partial charge in [-0.2, -0.15) is 0 Å². The van der Waals surface area contributed by atoms with Crippen LogP contribution >= 0.6 is 0 Å². The van der Waals surface area contributed by atoms with Gasteiger partial charge in [0.15, 0.2) is 0 Å². The molecule has 0 aliphatic heterocycles. The minimum atomic E-state index is -0.0552. The van der Waals surface area contributed by atoms with Crippen molar-refractivity contribution in [2.75, 3.05) is 13.7 Å². The first-order chi connectivity index (χ1) is 10.2. The first kappa shape index (κ1) is 15.4. The van der Waals surface area contributed by atoms with Crippen molar-refractivity contribution in [3.8, 4) is 5.75 Å². The van der Waals surface area contributed by atoms with Gasteiger partial charge in [-0.15, -0.1) is 0 Å². The summed E-state index contributed by atoms with van der Waals surface area (Å²) in [6.07, 6.45) is 4.76. The Hall–Kier alpha value is -1.94. The maximum Gasteiger partial charge on any atom is 0.149 e. The summed E-state index contributed by atoms with van der Waals surface area (Å²) in [6.45, 7) is 7.12. The largest absolute Gasteiger partial charge is 0.496 e. The molecule has 4 heteroatoms. The molecule has 0 bridgehead atoms. The van der Waals surface area contributed by atoms with E-state index in [1.165, 1.54) is 5.56 Å². The summed E-state index contributed by atoms with van der Waals surface area (Å²) in [5.74, 6) is 1.64. The monoisotopic (exact) mass is 285 g/mol. The van der Waals surface area contributed by atoms with Crippen LogP contribution in [0, 0.1) is 13.8 Å². The van der Waals surface area contributed by atoms with Crippen molar-refractivity contribution in [2.45, 2.75) is 33.2 Å². The second-order valence-electron chi connectivity index (χ2n) is 5.25. The van der Waals surface area contributed by atoms with E-state index in [0.717, 1.165) is 35.7 Å². The highest BCUT2D eigenvalue weighted by Crippen LogP contribution is 2.29. The van der Waals surface area contributed by atoms with Crippen molar-refractivity contribution >= 4 is 0 Å². The van der Waals surface area contributed by atoms with Crippen LogP contribution < -0.4 is 10.1 Å². The molecule has 0 aliphatic carbocycles. The lowest BCUT2D eigenvalue weighted by atomic mass is 10.0. The fourth-order valence-corrected chi connectivity index (χ4v) is 2.26. The van der Waals surface area contributed by atoms with E-state index in [4.69, 9.17) is 4.74 Å². The first-order valence-corrected chi connectivity index (χ1v) is 7.32. The Morgan fingerprint density at radius 2 is 1.86 bits per heavy atom. The third kappa shape index (κ3) is 3.79. The molecule has 1 aromatic heterocycles. The van der Waals surface area contributed by atoms with E-state index in [2.05, 4.69) is 41.3 Å². The van der Waals surface area contributed by atoms with E-state index in [9.17, 15) is 0 Å². The first-order valence-electron chi connectivity index (χ1n) is 7.32. The summed E-state index contributed by atoms with van der Waals surface area (Å²) < 4.78 is 5.51. The Bertz CT molecular complexity index is 581. The number of aryl methyl sites for hydroxylation is 2. The van der Waals surface area contributed by atoms with Gasteiger partial charge in [0.2, 0.25) is 0 Å². The van der Waals surface area contributed by atoms with Gasteiger partial charge in [-0.25, -0.2) is 9.97 Å². The number of rotatable bonds is 6. The number of ether oxygens (including phenoxy) is 1. The summed E-state index contributed by atoms with van der Waals surface area (Å²) in [4.78, 5) is 8.97. The number of aromatic nitrogens is 2. The zero-order chi connectivity index (χ0) is 15.2. The normalized spacial score (nSPS) is 12.2. The third-order valence-electron chi connectivity index (χ3n) is 3.35. The molecular weight excluding hydrogens is 262 g/mol. The van der Waals surface area contributed by atoms with Crippen LogP contribution in [-0.4, -0.2) is 23.6 Å². The van der Waals surface area contributed by atoms with E-state index in [1.807, 2.05) is 25.4 Å². The van der Waals surface area contributed by atoms with Crippen molar-refractivity contribution in [1.82, 2.24) is 15.3 Å². The number of hydrogen-bond donors (Lipinski definition) is 1. The summed E-state index contributed by atoms with van der Waals surface area (Å²) in [7, 11) is 1.70. The Morgan fingerprint density at radius 1 is 1.14 bits per heavy atom. The molecule has 4 nitrogen and oxygen atoms in total. The molecule has 1 N–H and O–H groups in total. The number of methoxy groups -OCH3 is 1. The van der Waals surface area contributed by atoms with Gasteiger partial charge in [-0.05, 0) is 38.4 Å². The molecule has 1 aromatic carbocycles. The Kier molecular flexibility index (Phi) is 5.28. The van der Waals surface area contributed by atoms with Crippen molar-refractivity contribution in [3.05, 3.63) is 53.1 Å². The second-order valence-corrected chi connectivity index (χ2v) is 5.25. The quantitative estimate of drug-likeness (QED) is 0.885. The Balaban J connectivity index is 2.44. The zero-order valence-corrected chi connectivity index (χ0v) is 13.2. The van der Waals surface area contributed by atoms with Gasteiger partial charge in [0.1, 0.15) is 11.6 Å².